The van der Waals surface area contributed by atoms with E-state index in [1.807, 2.05) is 17.0 Å². The lowest BCUT2D eigenvalue weighted by Gasteiger charge is -2.16. The van der Waals surface area contributed by atoms with Crippen molar-refractivity contribution in [1.82, 2.24) is 15.5 Å². The Bertz CT molecular complexity index is 637. The second-order valence-corrected chi connectivity index (χ2v) is 7.69. The van der Waals surface area contributed by atoms with Gasteiger partial charge in [-0.25, -0.2) is 4.99 Å². The fourth-order valence-electron chi connectivity index (χ4n) is 3.89. The number of anilines is 1. The Hall–Kier alpha value is -2.08. The monoisotopic (exact) mass is 385 g/mol. The van der Waals surface area contributed by atoms with Gasteiger partial charge in [-0.2, -0.15) is 0 Å². The Morgan fingerprint density at radius 3 is 2.50 bits per heavy atom. The molecule has 1 amide bonds. The van der Waals surface area contributed by atoms with Crippen LogP contribution >= 0.6 is 0 Å². The Balaban J connectivity index is 1.42. The van der Waals surface area contributed by atoms with Crippen molar-refractivity contribution in [2.75, 3.05) is 44.2 Å². The molecule has 0 aliphatic carbocycles. The summed E-state index contributed by atoms with van der Waals surface area (Å²) in [5.74, 6) is 1.11. The average molecular weight is 386 g/mol. The van der Waals surface area contributed by atoms with E-state index in [0.717, 1.165) is 43.3 Å². The van der Waals surface area contributed by atoms with Crippen LogP contribution in [-0.4, -0.2) is 56.0 Å². The van der Waals surface area contributed by atoms with Gasteiger partial charge in [0.25, 0.3) is 0 Å². The van der Waals surface area contributed by atoms with E-state index in [0.29, 0.717) is 13.0 Å². The largest absolute Gasteiger partial charge is 0.357 e. The molecule has 154 valence electrons. The quantitative estimate of drug-likeness (QED) is 0.390. The first-order valence-corrected chi connectivity index (χ1v) is 10.9. The van der Waals surface area contributed by atoms with Crippen LogP contribution in [-0.2, 0) is 11.3 Å². The van der Waals surface area contributed by atoms with Crippen LogP contribution in [0.5, 0.6) is 0 Å². The highest BCUT2D eigenvalue weighted by Gasteiger charge is 2.21. The Morgan fingerprint density at radius 2 is 1.82 bits per heavy atom. The first-order chi connectivity index (χ1) is 13.8. The highest BCUT2D eigenvalue weighted by molar-refractivity contribution is 5.95. The van der Waals surface area contributed by atoms with Gasteiger partial charge in [0, 0.05) is 31.7 Å². The number of likely N-dealkylation sites (tertiary alicyclic amines) is 1. The number of nitrogens with one attached hydrogen (secondary N) is 2. The van der Waals surface area contributed by atoms with Crippen LogP contribution in [0.1, 0.15) is 51.0 Å². The number of carbonyl (C=O) groups excluding carboxylic acids is 1. The fraction of sp³-hybridized carbons (Fsp3) is 0.636. The molecule has 0 atom stereocenters. The third kappa shape index (κ3) is 6.23. The van der Waals surface area contributed by atoms with E-state index in [2.05, 4.69) is 34.6 Å². The molecule has 0 bridgehead atoms. The number of rotatable bonds is 9. The van der Waals surface area contributed by atoms with Crippen molar-refractivity contribution >= 4 is 17.6 Å². The molecule has 6 heteroatoms. The third-order valence-corrected chi connectivity index (χ3v) is 5.48. The SMILES string of the molecule is CCNC(=NCc1ccc(N2CCCC2=O)cc1)NCCCCN1CCCC1. The standard InChI is InChI=1S/C22H35N5O/c1-2-23-22(24-13-3-4-14-26-15-5-6-16-26)25-18-19-9-11-20(12-10-19)27-17-7-8-21(27)28/h9-12H,2-8,13-18H2,1H3,(H2,23,24,25). The van der Waals surface area contributed by atoms with Gasteiger partial charge in [0.1, 0.15) is 0 Å². The van der Waals surface area contributed by atoms with E-state index in [1.165, 1.54) is 45.3 Å². The number of aliphatic imine (C=N–C) groups is 1. The number of carbonyl (C=O) groups is 1. The van der Waals surface area contributed by atoms with Crippen molar-refractivity contribution in [2.24, 2.45) is 4.99 Å². The van der Waals surface area contributed by atoms with E-state index in [4.69, 9.17) is 4.99 Å². The Morgan fingerprint density at radius 1 is 1.04 bits per heavy atom. The molecule has 0 unspecified atom stereocenters. The average Bonchev–Trinajstić information content (AvgIpc) is 3.38. The van der Waals surface area contributed by atoms with Crippen LogP contribution in [0.3, 0.4) is 0 Å². The van der Waals surface area contributed by atoms with Gasteiger partial charge in [0.2, 0.25) is 5.91 Å². The van der Waals surface area contributed by atoms with Crippen LogP contribution in [0.15, 0.2) is 29.3 Å². The van der Waals surface area contributed by atoms with Gasteiger partial charge >= 0.3 is 0 Å². The van der Waals surface area contributed by atoms with Gasteiger partial charge in [-0.3, -0.25) is 4.79 Å². The van der Waals surface area contributed by atoms with Crippen molar-refractivity contribution in [3.05, 3.63) is 29.8 Å². The summed E-state index contributed by atoms with van der Waals surface area (Å²) in [6, 6.07) is 8.22. The van der Waals surface area contributed by atoms with Crippen molar-refractivity contribution in [2.45, 2.75) is 52.0 Å². The highest BCUT2D eigenvalue weighted by Crippen LogP contribution is 2.21. The second kappa shape index (κ2) is 11.1. The molecule has 0 aromatic heterocycles. The molecule has 6 nitrogen and oxygen atoms in total. The van der Waals surface area contributed by atoms with E-state index >= 15 is 0 Å². The van der Waals surface area contributed by atoms with Crippen molar-refractivity contribution in [1.29, 1.82) is 0 Å². The molecule has 2 N–H and O–H groups in total. The van der Waals surface area contributed by atoms with Crippen LogP contribution in [0.4, 0.5) is 5.69 Å². The van der Waals surface area contributed by atoms with Crippen LogP contribution in [0, 0.1) is 0 Å². The number of guanidine groups is 1. The molecule has 2 heterocycles. The summed E-state index contributed by atoms with van der Waals surface area (Å²) >= 11 is 0. The summed E-state index contributed by atoms with van der Waals surface area (Å²) in [7, 11) is 0. The van der Waals surface area contributed by atoms with Crippen LogP contribution in [0.25, 0.3) is 0 Å². The topological polar surface area (TPSA) is 60.0 Å². The molecule has 2 aliphatic rings. The van der Waals surface area contributed by atoms with Crippen molar-refractivity contribution in [3.8, 4) is 0 Å². The number of hydrogen-bond donors (Lipinski definition) is 2. The second-order valence-electron chi connectivity index (χ2n) is 7.69. The fourth-order valence-corrected chi connectivity index (χ4v) is 3.89. The maximum Gasteiger partial charge on any atom is 0.227 e. The number of unbranched alkanes of at least 4 members (excludes halogenated alkanes) is 1. The molecule has 2 aliphatic heterocycles. The zero-order chi connectivity index (χ0) is 19.6. The zero-order valence-corrected chi connectivity index (χ0v) is 17.3. The zero-order valence-electron chi connectivity index (χ0n) is 17.3. The minimum Gasteiger partial charge on any atom is -0.357 e. The summed E-state index contributed by atoms with van der Waals surface area (Å²) in [5.41, 5.74) is 2.15. The normalized spacial score (nSPS) is 18.1. The molecule has 28 heavy (non-hydrogen) atoms. The highest BCUT2D eigenvalue weighted by atomic mass is 16.2. The predicted octanol–water partition coefficient (Wildman–Crippen LogP) is 2.74. The maximum atomic E-state index is 11.9. The lowest BCUT2D eigenvalue weighted by atomic mass is 10.2. The summed E-state index contributed by atoms with van der Waals surface area (Å²) in [5, 5.41) is 6.77. The number of benzene rings is 1. The van der Waals surface area contributed by atoms with E-state index in [1.54, 1.807) is 0 Å². The molecular weight excluding hydrogens is 350 g/mol. The number of hydrogen-bond acceptors (Lipinski definition) is 3. The van der Waals surface area contributed by atoms with Gasteiger partial charge in [-0.15, -0.1) is 0 Å². The van der Waals surface area contributed by atoms with Gasteiger partial charge in [-0.05, 0) is 76.4 Å². The van der Waals surface area contributed by atoms with Crippen molar-refractivity contribution in [3.63, 3.8) is 0 Å². The molecule has 1 aromatic rings. The number of nitrogens with zero attached hydrogens (tertiary/aromatic N) is 3. The van der Waals surface area contributed by atoms with Gasteiger partial charge in [0.05, 0.1) is 6.54 Å². The summed E-state index contributed by atoms with van der Waals surface area (Å²) in [4.78, 5) is 21.0. The summed E-state index contributed by atoms with van der Waals surface area (Å²) < 4.78 is 0. The molecule has 0 spiro atoms. The lowest BCUT2D eigenvalue weighted by Crippen LogP contribution is -2.38. The van der Waals surface area contributed by atoms with Gasteiger partial charge < -0.3 is 20.4 Å². The van der Waals surface area contributed by atoms with Crippen LogP contribution < -0.4 is 15.5 Å². The Labute approximate surface area is 169 Å². The van der Waals surface area contributed by atoms with Gasteiger partial charge in [-0.1, -0.05) is 12.1 Å². The minimum atomic E-state index is 0.231. The summed E-state index contributed by atoms with van der Waals surface area (Å²) in [6.07, 6.45) is 6.76. The van der Waals surface area contributed by atoms with Crippen molar-refractivity contribution < 1.29 is 4.79 Å². The predicted molar refractivity (Wildman–Crippen MR) is 116 cm³/mol. The molecule has 3 rings (SSSR count). The molecular formula is C22H35N5O. The smallest absolute Gasteiger partial charge is 0.227 e. The Kier molecular flexibility index (Phi) is 8.15. The maximum absolute atomic E-state index is 11.9. The summed E-state index contributed by atoms with van der Waals surface area (Å²) in [6.45, 7) is 9.16. The molecule has 2 saturated heterocycles. The molecule has 2 fully saturated rings. The van der Waals surface area contributed by atoms with Crippen LogP contribution in [0.2, 0.25) is 0 Å². The van der Waals surface area contributed by atoms with E-state index in [-0.39, 0.29) is 5.91 Å². The van der Waals surface area contributed by atoms with E-state index in [9.17, 15) is 4.79 Å². The minimum absolute atomic E-state index is 0.231. The number of amides is 1. The van der Waals surface area contributed by atoms with Gasteiger partial charge in [0.15, 0.2) is 5.96 Å². The molecule has 1 aromatic carbocycles. The van der Waals surface area contributed by atoms with E-state index < -0.39 is 0 Å². The lowest BCUT2D eigenvalue weighted by molar-refractivity contribution is -0.117. The first kappa shape index (κ1) is 20.6. The molecule has 0 radical (unpaired) electrons. The first-order valence-electron chi connectivity index (χ1n) is 10.9. The molecule has 0 saturated carbocycles. The third-order valence-electron chi connectivity index (χ3n) is 5.48.